The first kappa shape index (κ1) is 14.0. The Hall–Kier alpha value is -0.423. The molecule has 0 spiro atoms. The van der Waals surface area contributed by atoms with Crippen LogP contribution in [0.25, 0.3) is 0 Å². The molecule has 3 atom stereocenters. The first-order valence-electron chi connectivity index (χ1n) is 6.67. The minimum absolute atomic E-state index is 0.129. The lowest BCUT2D eigenvalue weighted by Crippen LogP contribution is -2.42. The van der Waals surface area contributed by atoms with Crippen molar-refractivity contribution in [2.45, 2.75) is 38.5 Å². The van der Waals surface area contributed by atoms with Gasteiger partial charge in [-0.25, -0.2) is 0 Å². The van der Waals surface area contributed by atoms with Gasteiger partial charge in [0.15, 0.2) is 6.29 Å². The fraction of sp³-hybridized carbons (Fsp3) is 0.714. The molecular weight excluding hydrogens is 244 g/mol. The van der Waals surface area contributed by atoms with Crippen molar-refractivity contribution in [2.24, 2.45) is 5.92 Å². The molecule has 0 amide bonds. The molecule has 2 rings (SSSR count). The molecule has 0 saturated carbocycles. The Labute approximate surface area is 111 Å². The second-order valence-electron chi connectivity index (χ2n) is 6.02. The van der Waals surface area contributed by atoms with Gasteiger partial charge in [-0.05, 0) is 6.42 Å². The van der Waals surface area contributed by atoms with Crippen LogP contribution in [0.15, 0.2) is 23.4 Å². The molecule has 1 unspecified atom stereocenters. The predicted octanol–water partition coefficient (Wildman–Crippen LogP) is 2.75. The molecule has 18 heavy (non-hydrogen) atoms. The highest BCUT2D eigenvalue weighted by molar-refractivity contribution is 6.83. The van der Waals surface area contributed by atoms with Crippen LogP contribution in [0.5, 0.6) is 0 Å². The highest BCUT2D eigenvalue weighted by atomic mass is 28.3. The fourth-order valence-electron chi connectivity index (χ4n) is 2.59. The van der Waals surface area contributed by atoms with Crippen molar-refractivity contribution in [3.8, 4) is 0 Å². The van der Waals surface area contributed by atoms with E-state index in [4.69, 9.17) is 14.2 Å². The number of hydrogen-bond acceptors (Lipinski definition) is 3. The van der Waals surface area contributed by atoms with Gasteiger partial charge >= 0.3 is 0 Å². The summed E-state index contributed by atoms with van der Waals surface area (Å²) in [5.41, 5.74) is 0. The Morgan fingerprint density at radius 2 is 2.17 bits per heavy atom. The molecule has 0 aromatic heterocycles. The number of allylic oxidation sites excluding steroid dienone is 2. The summed E-state index contributed by atoms with van der Waals surface area (Å²) in [7, 11) is 0.415. The van der Waals surface area contributed by atoms with Crippen molar-refractivity contribution < 1.29 is 14.2 Å². The number of methoxy groups -OCH3 is 1. The van der Waals surface area contributed by atoms with E-state index < -0.39 is 8.07 Å². The summed E-state index contributed by atoms with van der Waals surface area (Å²) in [6.07, 6.45) is 7.58. The van der Waals surface area contributed by atoms with Crippen LogP contribution < -0.4 is 0 Å². The first-order chi connectivity index (χ1) is 8.52. The van der Waals surface area contributed by atoms with Crippen LogP contribution in [0, 0.1) is 5.92 Å². The third kappa shape index (κ3) is 3.12. The third-order valence-corrected chi connectivity index (χ3v) is 5.75. The van der Waals surface area contributed by atoms with Gasteiger partial charge in [0.2, 0.25) is 0 Å². The normalized spacial score (nSPS) is 32.7. The standard InChI is InChI=1S/C14H24O3Si/c1-15-10-11-8-9-16-14(17-11)12-6-5-7-13(12)18(2,3)4/h5-7,11-12,14H,8-10H2,1-4H3/t11-,12?,14-/m0/s1. The van der Waals surface area contributed by atoms with E-state index in [0.717, 1.165) is 13.0 Å². The summed E-state index contributed by atoms with van der Waals surface area (Å²) >= 11 is 0. The smallest absolute Gasteiger partial charge is 0.167 e. The maximum atomic E-state index is 6.02. The quantitative estimate of drug-likeness (QED) is 0.734. The molecule has 3 nitrogen and oxygen atoms in total. The van der Waals surface area contributed by atoms with Crippen LogP contribution in [0.3, 0.4) is 0 Å². The number of hydrogen-bond donors (Lipinski definition) is 0. The summed E-state index contributed by atoms with van der Waals surface area (Å²) in [4.78, 5) is 0. The zero-order valence-corrected chi connectivity index (χ0v) is 12.8. The summed E-state index contributed by atoms with van der Waals surface area (Å²) in [5.74, 6) is 0.302. The lowest BCUT2D eigenvalue weighted by atomic mass is 10.1. The average molecular weight is 268 g/mol. The SMILES string of the molecule is COC[C@@H]1CCO[C@H](C2C=CC=C2[Si](C)(C)C)O1. The molecule has 2 aliphatic rings. The minimum atomic E-state index is -1.30. The molecule has 1 aliphatic heterocycles. The Balaban J connectivity index is 2.03. The molecule has 1 aliphatic carbocycles. The Kier molecular flexibility index (Phi) is 4.43. The molecule has 4 heteroatoms. The van der Waals surface area contributed by atoms with Crippen LogP contribution in [0.4, 0.5) is 0 Å². The summed E-state index contributed by atoms with van der Waals surface area (Å²) < 4.78 is 17.0. The Morgan fingerprint density at radius 1 is 1.39 bits per heavy atom. The van der Waals surface area contributed by atoms with Gasteiger partial charge in [0.05, 0.1) is 27.4 Å². The van der Waals surface area contributed by atoms with E-state index in [1.807, 2.05) is 0 Å². The van der Waals surface area contributed by atoms with Gasteiger partial charge in [0.1, 0.15) is 0 Å². The highest BCUT2D eigenvalue weighted by Crippen LogP contribution is 2.34. The molecule has 102 valence electrons. The second-order valence-corrected chi connectivity index (χ2v) is 11.1. The molecule has 0 aromatic rings. The fourth-order valence-corrected chi connectivity index (χ4v) is 4.42. The lowest BCUT2D eigenvalue weighted by Gasteiger charge is -2.36. The van der Waals surface area contributed by atoms with Crippen molar-refractivity contribution in [2.75, 3.05) is 20.3 Å². The van der Waals surface area contributed by atoms with E-state index >= 15 is 0 Å². The summed E-state index contributed by atoms with van der Waals surface area (Å²) in [6, 6.07) is 0. The first-order valence-corrected chi connectivity index (χ1v) is 10.2. The van der Waals surface area contributed by atoms with Crippen LogP contribution in [-0.4, -0.2) is 40.8 Å². The van der Waals surface area contributed by atoms with Gasteiger partial charge in [0, 0.05) is 13.0 Å². The minimum Gasteiger partial charge on any atom is -0.382 e. The lowest BCUT2D eigenvalue weighted by molar-refractivity contribution is -0.230. The zero-order chi connectivity index (χ0) is 13.2. The number of rotatable bonds is 4. The van der Waals surface area contributed by atoms with E-state index in [2.05, 4.69) is 37.9 Å². The molecule has 0 radical (unpaired) electrons. The van der Waals surface area contributed by atoms with Crippen molar-refractivity contribution in [3.05, 3.63) is 23.4 Å². The molecule has 0 N–H and O–H groups in total. The number of ether oxygens (including phenoxy) is 3. The van der Waals surface area contributed by atoms with Crippen molar-refractivity contribution in [1.82, 2.24) is 0 Å². The second kappa shape index (κ2) is 5.69. The third-order valence-electron chi connectivity index (χ3n) is 3.51. The van der Waals surface area contributed by atoms with Gasteiger partial charge in [-0.3, -0.25) is 0 Å². The van der Waals surface area contributed by atoms with Crippen molar-refractivity contribution in [3.63, 3.8) is 0 Å². The maximum absolute atomic E-state index is 6.02. The van der Waals surface area contributed by atoms with E-state index in [1.165, 1.54) is 5.20 Å². The van der Waals surface area contributed by atoms with Crippen molar-refractivity contribution in [1.29, 1.82) is 0 Å². The Morgan fingerprint density at radius 3 is 2.83 bits per heavy atom. The van der Waals surface area contributed by atoms with Gasteiger partial charge in [-0.2, -0.15) is 0 Å². The van der Waals surface area contributed by atoms with E-state index in [0.29, 0.717) is 12.5 Å². The maximum Gasteiger partial charge on any atom is 0.167 e. The monoisotopic (exact) mass is 268 g/mol. The van der Waals surface area contributed by atoms with Gasteiger partial charge in [-0.15, -0.1) is 0 Å². The Bertz CT molecular complexity index is 341. The van der Waals surface area contributed by atoms with Gasteiger partial charge in [-0.1, -0.05) is 43.1 Å². The summed E-state index contributed by atoms with van der Waals surface area (Å²) in [5, 5.41) is 1.52. The molecule has 1 saturated heterocycles. The summed E-state index contributed by atoms with van der Waals surface area (Å²) in [6.45, 7) is 8.53. The van der Waals surface area contributed by atoms with Crippen LogP contribution in [-0.2, 0) is 14.2 Å². The van der Waals surface area contributed by atoms with Crippen LogP contribution in [0.1, 0.15) is 6.42 Å². The zero-order valence-electron chi connectivity index (χ0n) is 11.8. The molecule has 1 fully saturated rings. The van der Waals surface area contributed by atoms with Crippen LogP contribution in [0.2, 0.25) is 19.6 Å². The van der Waals surface area contributed by atoms with Crippen molar-refractivity contribution >= 4 is 8.07 Å². The van der Waals surface area contributed by atoms with E-state index in [1.54, 1.807) is 7.11 Å². The van der Waals surface area contributed by atoms with Crippen LogP contribution >= 0.6 is 0 Å². The van der Waals surface area contributed by atoms with Gasteiger partial charge in [0.25, 0.3) is 0 Å². The largest absolute Gasteiger partial charge is 0.382 e. The topological polar surface area (TPSA) is 27.7 Å². The molecule has 0 bridgehead atoms. The van der Waals surface area contributed by atoms with E-state index in [9.17, 15) is 0 Å². The molecule has 0 aromatic carbocycles. The molecule has 1 heterocycles. The van der Waals surface area contributed by atoms with E-state index in [-0.39, 0.29) is 12.4 Å². The average Bonchev–Trinajstić information content (AvgIpc) is 2.78. The van der Waals surface area contributed by atoms with Gasteiger partial charge < -0.3 is 14.2 Å². The highest BCUT2D eigenvalue weighted by Gasteiger charge is 2.36. The predicted molar refractivity (Wildman–Crippen MR) is 75.2 cm³/mol. The molecular formula is C14H24O3Si.